The predicted molar refractivity (Wildman–Crippen MR) is 63.0 cm³/mol. The van der Waals surface area contributed by atoms with Crippen molar-refractivity contribution in [1.82, 2.24) is 5.32 Å². The van der Waals surface area contributed by atoms with Crippen LogP contribution >= 0.6 is 0 Å². The lowest BCUT2D eigenvalue weighted by Gasteiger charge is -2.07. The minimum absolute atomic E-state index is 0.000877. The smallest absolute Gasteiger partial charge is 0.251 e. The molecule has 1 aromatic rings. The topological polar surface area (TPSA) is 89.3 Å². The number of hydrogen-bond donors (Lipinski definition) is 2. The van der Waals surface area contributed by atoms with Crippen molar-refractivity contribution in [3.05, 3.63) is 29.3 Å². The molecule has 1 aliphatic rings. The van der Waals surface area contributed by atoms with Crippen molar-refractivity contribution in [3.8, 4) is 0 Å². The summed E-state index contributed by atoms with van der Waals surface area (Å²) < 4.78 is 22.6. The average Bonchev–Trinajstić information content (AvgIpc) is 3.00. The number of carbonyl (C=O) groups is 1. The SMILES string of the molecule is Cc1ccc(C(=O)NC2CC2)cc1S(N)(=O)=O. The molecule has 0 spiro atoms. The van der Waals surface area contributed by atoms with Gasteiger partial charge in [0.15, 0.2) is 0 Å². The van der Waals surface area contributed by atoms with Gasteiger partial charge in [-0.05, 0) is 37.5 Å². The number of primary sulfonamides is 1. The Hall–Kier alpha value is -1.40. The molecule has 0 saturated heterocycles. The zero-order valence-corrected chi connectivity index (χ0v) is 10.3. The van der Waals surface area contributed by atoms with Crippen LogP contribution in [0.25, 0.3) is 0 Å². The molecule has 3 N–H and O–H groups in total. The van der Waals surface area contributed by atoms with Gasteiger partial charge in [-0.15, -0.1) is 0 Å². The summed E-state index contributed by atoms with van der Waals surface area (Å²) >= 11 is 0. The van der Waals surface area contributed by atoms with Gasteiger partial charge in [-0.25, -0.2) is 13.6 Å². The monoisotopic (exact) mass is 254 g/mol. The van der Waals surface area contributed by atoms with Crippen LogP contribution in [0, 0.1) is 6.92 Å². The Kier molecular flexibility index (Phi) is 2.92. The number of hydrogen-bond acceptors (Lipinski definition) is 3. The van der Waals surface area contributed by atoms with Gasteiger partial charge in [0.25, 0.3) is 5.91 Å². The van der Waals surface area contributed by atoms with Crippen LogP contribution in [0.4, 0.5) is 0 Å². The maximum atomic E-state index is 11.7. The second-order valence-corrected chi connectivity index (χ2v) is 5.80. The molecule has 6 heteroatoms. The van der Waals surface area contributed by atoms with Gasteiger partial charge in [0.1, 0.15) is 0 Å². The first-order valence-electron chi connectivity index (χ1n) is 5.32. The Morgan fingerprint density at radius 1 is 1.41 bits per heavy atom. The van der Waals surface area contributed by atoms with Gasteiger partial charge in [0.2, 0.25) is 10.0 Å². The van der Waals surface area contributed by atoms with E-state index in [0.717, 1.165) is 12.8 Å². The molecular weight excluding hydrogens is 240 g/mol. The van der Waals surface area contributed by atoms with Gasteiger partial charge < -0.3 is 5.32 Å². The van der Waals surface area contributed by atoms with Crippen molar-refractivity contribution in [2.75, 3.05) is 0 Å². The van der Waals surface area contributed by atoms with Crippen LogP contribution < -0.4 is 10.5 Å². The van der Waals surface area contributed by atoms with Gasteiger partial charge in [0, 0.05) is 11.6 Å². The third-order valence-electron chi connectivity index (χ3n) is 2.67. The molecular formula is C11H14N2O3S. The van der Waals surface area contributed by atoms with Crippen LogP contribution in [0.5, 0.6) is 0 Å². The number of amides is 1. The maximum Gasteiger partial charge on any atom is 0.251 e. The maximum absolute atomic E-state index is 11.7. The number of benzene rings is 1. The molecule has 0 radical (unpaired) electrons. The molecule has 0 unspecified atom stereocenters. The normalized spacial score (nSPS) is 15.6. The van der Waals surface area contributed by atoms with Gasteiger partial charge in [-0.1, -0.05) is 6.07 Å². The minimum atomic E-state index is -3.78. The summed E-state index contributed by atoms with van der Waals surface area (Å²) in [6.45, 7) is 1.64. The van der Waals surface area contributed by atoms with Crippen molar-refractivity contribution >= 4 is 15.9 Å². The third kappa shape index (κ3) is 2.83. The standard InChI is InChI=1S/C11H14N2O3S/c1-7-2-3-8(6-10(7)17(12,15)16)11(14)13-9-4-5-9/h2-3,6,9H,4-5H2,1H3,(H,13,14)(H2,12,15,16). The molecule has 17 heavy (non-hydrogen) atoms. The summed E-state index contributed by atoms with van der Waals surface area (Å²) in [7, 11) is -3.78. The lowest BCUT2D eigenvalue weighted by Crippen LogP contribution is -2.26. The Morgan fingerprint density at radius 3 is 2.59 bits per heavy atom. The number of nitrogens with two attached hydrogens (primary N) is 1. The molecule has 1 aromatic carbocycles. The lowest BCUT2D eigenvalue weighted by atomic mass is 10.1. The number of carbonyl (C=O) groups excluding carboxylic acids is 1. The third-order valence-corrected chi connectivity index (χ3v) is 3.72. The first-order valence-corrected chi connectivity index (χ1v) is 6.87. The minimum Gasteiger partial charge on any atom is -0.349 e. The fourth-order valence-electron chi connectivity index (χ4n) is 1.54. The second-order valence-electron chi connectivity index (χ2n) is 4.27. The molecule has 2 rings (SSSR count). The van der Waals surface area contributed by atoms with E-state index in [-0.39, 0.29) is 16.8 Å². The predicted octanol–water partition coefficient (Wildman–Crippen LogP) is 0.535. The highest BCUT2D eigenvalue weighted by Gasteiger charge is 2.24. The van der Waals surface area contributed by atoms with Crippen molar-refractivity contribution in [2.45, 2.75) is 30.7 Å². The van der Waals surface area contributed by atoms with Crippen molar-refractivity contribution in [2.24, 2.45) is 5.14 Å². The highest BCUT2D eigenvalue weighted by molar-refractivity contribution is 7.89. The Bertz CT molecular complexity index is 562. The van der Waals surface area contributed by atoms with E-state index in [9.17, 15) is 13.2 Å². The highest BCUT2D eigenvalue weighted by Crippen LogP contribution is 2.20. The van der Waals surface area contributed by atoms with E-state index in [1.807, 2.05) is 0 Å². The summed E-state index contributed by atoms with van der Waals surface area (Å²) in [5.41, 5.74) is 0.863. The Labute approximate surface area is 100 Å². The van der Waals surface area contributed by atoms with E-state index in [4.69, 9.17) is 5.14 Å². The van der Waals surface area contributed by atoms with E-state index in [0.29, 0.717) is 11.1 Å². The Balaban J connectivity index is 2.33. The summed E-state index contributed by atoms with van der Waals surface area (Å²) in [6.07, 6.45) is 1.97. The molecule has 92 valence electrons. The fourth-order valence-corrected chi connectivity index (χ4v) is 2.35. The molecule has 5 nitrogen and oxygen atoms in total. The first-order chi connectivity index (χ1) is 7.88. The fraction of sp³-hybridized carbons (Fsp3) is 0.364. The molecule has 0 aromatic heterocycles. The van der Waals surface area contributed by atoms with Crippen molar-refractivity contribution in [3.63, 3.8) is 0 Å². The van der Waals surface area contributed by atoms with E-state index in [1.54, 1.807) is 19.1 Å². The molecule has 1 fully saturated rings. The zero-order valence-electron chi connectivity index (χ0n) is 9.43. The quantitative estimate of drug-likeness (QED) is 0.824. The number of nitrogens with one attached hydrogen (secondary N) is 1. The average molecular weight is 254 g/mol. The van der Waals surface area contributed by atoms with E-state index < -0.39 is 10.0 Å². The molecule has 1 aliphatic carbocycles. The van der Waals surface area contributed by atoms with Crippen molar-refractivity contribution < 1.29 is 13.2 Å². The Morgan fingerprint density at radius 2 is 2.06 bits per heavy atom. The zero-order chi connectivity index (χ0) is 12.6. The van der Waals surface area contributed by atoms with Gasteiger partial charge in [0.05, 0.1) is 4.90 Å². The number of rotatable bonds is 3. The van der Waals surface area contributed by atoms with E-state index in [2.05, 4.69) is 5.32 Å². The highest BCUT2D eigenvalue weighted by atomic mass is 32.2. The first kappa shape index (κ1) is 12.1. The van der Waals surface area contributed by atoms with Crippen LogP contribution in [-0.4, -0.2) is 20.4 Å². The second kappa shape index (κ2) is 4.12. The molecule has 1 saturated carbocycles. The molecule has 1 amide bonds. The molecule has 0 atom stereocenters. The van der Waals surface area contributed by atoms with E-state index in [1.165, 1.54) is 6.07 Å². The largest absolute Gasteiger partial charge is 0.349 e. The molecule has 0 aliphatic heterocycles. The van der Waals surface area contributed by atoms with Crippen LogP contribution in [0.2, 0.25) is 0 Å². The van der Waals surface area contributed by atoms with Crippen molar-refractivity contribution in [1.29, 1.82) is 0 Å². The summed E-state index contributed by atoms with van der Waals surface area (Å²) in [5.74, 6) is -0.252. The van der Waals surface area contributed by atoms with Crippen LogP contribution in [0.3, 0.4) is 0 Å². The summed E-state index contributed by atoms with van der Waals surface area (Å²) in [6, 6.07) is 4.74. The van der Waals surface area contributed by atoms with Crippen LogP contribution in [-0.2, 0) is 10.0 Å². The molecule has 0 bridgehead atoms. The van der Waals surface area contributed by atoms with Crippen LogP contribution in [0.15, 0.2) is 23.1 Å². The van der Waals surface area contributed by atoms with E-state index >= 15 is 0 Å². The van der Waals surface area contributed by atoms with Crippen LogP contribution in [0.1, 0.15) is 28.8 Å². The lowest BCUT2D eigenvalue weighted by molar-refractivity contribution is 0.0951. The molecule has 0 heterocycles. The van der Waals surface area contributed by atoms with Gasteiger partial charge in [-0.3, -0.25) is 4.79 Å². The summed E-state index contributed by atoms with van der Waals surface area (Å²) in [5, 5.41) is 7.87. The number of aryl methyl sites for hydroxylation is 1. The van der Waals surface area contributed by atoms with Gasteiger partial charge >= 0.3 is 0 Å². The summed E-state index contributed by atoms with van der Waals surface area (Å²) in [4.78, 5) is 11.7. The number of sulfonamides is 1. The van der Waals surface area contributed by atoms with Gasteiger partial charge in [-0.2, -0.15) is 0 Å².